The zero-order valence-corrected chi connectivity index (χ0v) is 36.8. The lowest BCUT2D eigenvalue weighted by atomic mass is 9.71. The Hall–Kier alpha value is -7.21. The van der Waals surface area contributed by atoms with Crippen molar-refractivity contribution >= 4 is 43.3 Å². The van der Waals surface area contributed by atoms with E-state index >= 15 is 0 Å². The van der Waals surface area contributed by atoms with Crippen LogP contribution >= 0.6 is 15.9 Å². The predicted molar refractivity (Wildman–Crippen MR) is 276 cm³/mol. The van der Waals surface area contributed by atoms with Gasteiger partial charge in [-0.25, -0.2) is 0 Å². The van der Waals surface area contributed by atoms with Crippen LogP contribution in [0.25, 0.3) is 32.7 Å². The molecule has 320 valence electrons. The second kappa shape index (κ2) is 21.0. The molecule has 4 heteroatoms. The fraction of sp³-hybridized carbons (Fsp3) is 0.0656. The smallest absolute Gasteiger partial charge is 0.412 e. The molecule has 65 heavy (non-hydrogen) atoms. The predicted octanol–water partition coefficient (Wildman–Crippen LogP) is 14.7. The average molecular weight is 913 g/mol. The topological polar surface area (TPSA) is 68.8 Å². The Balaban J connectivity index is 0.000000151. The maximum absolute atomic E-state index is 12.1. The summed E-state index contributed by atoms with van der Waals surface area (Å²) in [6.45, 7) is 0. The van der Waals surface area contributed by atoms with Crippen LogP contribution in [0.1, 0.15) is 63.7 Å². The summed E-state index contributed by atoms with van der Waals surface area (Å²) in [4.78, 5) is 12.1. The molecule has 0 unspecified atom stereocenters. The summed E-state index contributed by atoms with van der Waals surface area (Å²) in [5, 5.41) is 16.9. The first kappa shape index (κ1) is 45.8. The molecule has 0 aliphatic heterocycles. The highest BCUT2D eigenvalue weighted by Gasteiger charge is 2.39. The van der Waals surface area contributed by atoms with Crippen LogP contribution in [-0.4, -0.2) is 16.4 Å². The van der Waals surface area contributed by atoms with Gasteiger partial charge in [0.25, 0.3) is 0 Å². The van der Waals surface area contributed by atoms with Gasteiger partial charge in [0.1, 0.15) is 5.60 Å². The largest absolute Gasteiger partial charge is 1.00 e. The molecule has 2 aliphatic carbocycles. The average Bonchev–Trinajstić information content (AvgIpc) is 3.35. The molecule has 0 saturated carbocycles. The molecule has 10 aromatic rings. The molecule has 0 saturated heterocycles. The molecule has 3 nitrogen and oxygen atoms in total. The third kappa shape index (κ3) is 9.67. The van der Waals surface area contributed by atoms with Crippen LogP contribution in [0.2, 0.25) is 0 Å². The van der Waals surface area contributed by atoms with Crippen molar-refractivity contribution in [2.75, 3.05) is 0 Å². The Morgan fingerprint density at radius 2 is 0.800 bits per heavy atom. The lowest BCUT2D eigenvalue weighted by Crippen LogP contribution is -2.34. The Morgan fingerprint density at radius 3 is 1.28 bits per heavy atom. The lowest BCUT2D eigenvalue weighted by molar-refractivity contribution is 0.103. The van der Waals surface area contributed by atoms with Crippen LogP contribution in [0.4, 0.5) is 0 Å². The van der Waals surface area contributed by atoms with Gasteiger partial charge in [-0.2, -0.15) is 0 Å². The first-order valence-corrected chi connectivity index (χ1v) is 22.1. The summed E-state index contributed by atoms with van der Waals surface area (Å²) in [7, 11) is 0. The molecule has 0 atom stereocenters. The summed E-state index contributed by atoms with van der Waals surface area (Å²) < 4.78 is 1.13. The maximum atomic E-state index is 12.1. The van der Waals surface area contributed by atoms with Crippen molar-refractivity contribution in [3.63, 3.8) is 0 Å². The van der Waals surface area contributed by atoms with E-state index in [-0.39, 0.29) is 20.1 Å². The quantitative estimate of drug-likeness (QED) is 0.176. The number of aliphatic hydroxyl groups is 1. The molecular formula is C61H52BrO3+. The van der Waals surface area contributed by atoms with Gasteiger partial charge < -0.3 is 10.6 Å². The van der Waals surface area contributed by atoms with E-state index < -0.39 is 5.60 Å². The highest BCUT2D eigenvalue weighted by Crippen LogP contribution is 2.44. The molecular weight excluding hydrogens is 861 g/mol. The minimum absolute atomic E-state index is 0. The number of carbonyl (C=O) groups is 1. The lowest BCUT2D eigenvalue weighted by Gasteiger charge is -2.37. The summed E-state index contributed by atoms with van der Waals surface area (Å²) in [5.41, 5.74) is 10.8. The Morgan fingerprint density at radius 1 is 0.431 bits per heavy atom. The van der Waals surface area contributed by atoms with E-state index in [0.717, 1.165) is 56.3 Å². The number of halogens is 1. The zero-order valence-electron chi connectivity index (χ0n) is 36.2. The van der Waals surface area contributed by atoms with Crippen LogP contribution in [0.3, 0.4) is 0 Å². The van der Waals surface area contributed by atoms with E-state index in [1.165, 1.54) is 43.8 Å². The van der Waals surface area contributed by atoms with Gasteiger partial charge >= 0.3 is 1.43 Å². The molecule has 12 rings (SSSR count). The highest BCUT2D eigenvalue weighted by atomic mass is 79.9. The van der Waals surface area contributed by atoms with Crippen molar-refractivity contribution in [3.05, 3.63) is 297 Å². The number of ketones is 1. The second-order valence-electron chi connectivity index (χ2n) is 15.7. The molecule has 0 aromatic heterocycles. The van der Waals surface area contributed by atoms with Crippen molar-refractivity contribution in [3.8, 4) is 11.1 Å². The van der Waals surface area contributed by atoms with Crippen LogP contribution in [0.5, 0.6) is 0 Å². The molecule has 0 bridgehead atoms. The zero-order chi connectivity index (χ0) is 43.0. The van der Waals surface area contributed by atoms with Crippen LogP contribution in [0, 0.1) is 0 Å². The summed E-state index contributed by atoms with van der Waals surface area (Å²) >= 11 is 3.31. The number of benzene rings is 10. The Bertz CT molecular complexity index is 3020. The van der Waals surface area contributed by atoms with E-state index in [1.807, 2.05) is 146 Å². The van der Waals surface area contributed by atoms with Gasteiger partial charge in [0.05, 0.1) is 0 Å². The second-order valence-corrected chi connectivity index (χ2v) is 16.7. The summed E-state index contributed by atoms with van der Waals surface area (Å²) in [6, 6.07) is 82.1. The SMILES string of the molecule is Brc1ccccc1.C.O.O=C1c2ccccc2Cc2ccccc21.OC1(c2ccccc2)c2ccccc2Cc2ccccc21.[H+].c1ccc(-c2c3ccccc3cc3ccccc23)cc1. The highest BCUT2D eigenvalue weighted by molar-refractivity contribution is 9.10. The number of carbonyl (C=O) groups excluding carboxylic acids is 1. The number of fused-ring (bicyclic) bond motifs is 6. The Kier molecular flexibility index (Phi) is 14.8. The third-order valence-corrected chi connectivity index (χ3v) is 12.4. The number of rotatable bonds is 2. The van der Waals surface area contributed by atoms with Gasteiger partial charge in [0, 0.05) is 15.6 Å². The van der Waals surface area contributed by atoms with Crippen LogP contribution in [0.15, 0.2) is 247 Å². The minimum atomic E-state index is -1.06. The molecule has 0 spiro atoms. The van der Waals surface area contributed by atoms with E-state index in [2.05, 4.69) is 113 Å². The summed E-state index contributed by atoms with van der Waals surface area (Å²) in [6.07, 6.45) is 1.75. The van der Waals surface area contributed by atoms with E-state index in [0.29, 0.717) is 0 Å². The van der Waals surface area contributed by atoms with E-state index in [9.17, 15) is 9.90 Å². The van der Waals surface area contributed by atoms with Crippen LogP contribution in [-0.2, 0) is 18.4 Å². The molecule has 0 amide bonds. The van der Waals surface area contributed by atoms with Crippen molar-refractivity contribution in [2.45, 2.75) is 25.9 Å². The molecule has 3 N–H and O–H groups in total. The first-order valence-electron chi connectivity index (χ1n) is 21.3. The fourth-order valence-corrected chi connectivity index (χ4v) is 9.19. The molecule has 10 aromatic carbocycles. The fourth-order valence-electron chi connectivity index (χ4n) is 8.88. The number of hydrogen-bond acceptors (Lipinski definition) is 2. The van der Waals surface area contributed by atoms with Gasteiger partial charge in [0.15, 0.2) is 5.78 Å². The van der Waals surface area contributed by atoms with Crippen molar-refractivity contribution in [1.82, 2.24) is 0 Å². The normalized spacial score (nSPS) is 12.2. The minimum Gasteiger partial charge on any atom is -0.412 e. The van der Waals surface area contributed by atoms with Gasteiger partial charge in [0.2, 0.25) is 0 Å². The standard InChI is InChI=1S/C20H16O.C20H14.C14H10O.C6H5Br.CH4.H2O/c21-20(17-10-2-1-3-11-17)18-12-6-4-8-15(18)14-16-9-5-7-13-19(16)20;1-2-8-15(9-3-1)20-18-12-6-4-10-16(18)14-17-11-5-7-13-19(17)20;15-14-12-7-3-1-5-10(12)9-11-6-2-4-8-13(11)14;7-6-4-2-1-3-5-6;;/h1-13,21H,14H2;1-14H;1-8H,9H2;1-5H;1H4;1H2/p+1. The number of hydrogen-bond donors (Lipinski definition) is 1. The van der Waals surface area contributed by atoms with Gasteiger partial charge in [-0.1, -0.05) is 248 Å². The van der Waals surface area contributed by atoms with E-state index in [4.69, 9.17) is 0 Å². The van der Waals surface area contributed by atoms with Gasteiger partial charge in [-0.15, -0.1) is 0 Å². The van der Waals surface area contributed by atoms with Crippen LogP contribution < -0.4 is 0 Å². The molecule has 2 aliphatic rings. The molecule has 0 fully saturated rings. The third-order valence-electron chi connectivity index (χ3n) is 11.9. The summed E-state index contributed by atoms with van der Waals surface area (Å²) in [5.74, 6) is 0.160. The first-order chi connectivity index (χ1) is 31.0. The maximum Gasteiger partial charge on any atom is 1.00 e. The molecule has 0 heterocycles. The Labute approximate surface area is 392 Å². The monoisotopic (exact) mass is 911 g/mol. The van der Waals surface area contributed by atoms with Crippen molar-refractivity contribution in [1.29, 1.82) is 0 Å². The van der Waals surface area contributed by atoms with Crippen molar-refractivity contribution in [2.24, 2.45) is 0 Å². The van der Waals surface area contributed by atoms with Crippen molar-refractivity contribution < 1.29 is 16.8 Å². The van der Waals surface area contributed by atoms with Gasteiger partial charge in [-0.05, 0) is 103 Å². The van der Waals surface area contributed by atoms with Gasteiger partial charge in [-0.3, -0.25) is 4.79 Å². The van der Waals surface area contributed by atoms with E-state index in [1.54, 1.807) is 0 Å². The molecule has 0 radical (unpaired) electrons.